The van der Waals surface area contributed by atoms with Crippen molar-refractivity contribution in [3.8, 4) is 11.1 Å². The summed E-state index contributed by atoms with van der Waals surface area (Å²) in [6.07, 6.45) is 3.29. The molecule has 3 N–H and O–H groups in total. The zero-order chi connectivity index (χ0) is 18.6. The molecule has 3 heterocycles. The van der Waals surface area contributed by atoms with Gasteiger partial charge in [-0.1, -0.05) is 12.1 Å². The molecule has 1 aliphatic heterocycles. The van der Waals surface area contributed by atoms with Crippen LogP contribution in [-0.4, -0.2) is 40.6 Å². The number of hydrogen-bond donors (Lipinski definition) is 3. The summed E-state index contributed by atoms with van der Waals surface area (Å²) in [6.45, 7) is 2.59. The zero-order valence-corrected chi connectivity index (χ0v) is 15.1. The van der Waals surface area contributed by atoms with Gasteiger partial charge >= 0.3 is 0 Å². The number of rotatable bonds is 2. The maximum atomic E-state index is 12.6. The molecular weight excluding hydrogens is 342 g/mol. The highest BCUT2D eigenvalue weighted by Gasteiger charge is 2.15. The lowest BCUT2D eigenvalue weighted by Gasteiger charge is -2.11. The van der Waals surface area contributed by atoms with Gasteiger partial charge in [0.25, 0.3) is 0 Å². The number of benzene rings is 1. The van der Waals surface area contributed by atoms with Crippen molar-refractivity contribution in [2.24, 2.45) is 0 Å². The van der Waals surface area contributed by atoms with Gasteiger partial charge < -0.3 is 20.1 Å². The zero-order valence-electron chi connectivity index (χ0n) is 15.1. The van der Waals surface area contributed by atoms with Gasteiger partial charge in [-0.05, 0) is 42.3 Å². The maximum Gasteiger partial charge on any atom is 0.163 e. The lowest BCUT2D eigenvalue weighted by Crippen LogP contribution is -2.20. The minimum atomic E-state index is -0.0859. The summed E-state index contributed by atoms with van der Waals surface area (Å²) < 4.78 is 5.77. The normalized spacial score (nSPS) is 16.1. The Hall–Kier alpha value is -2.54. The van der Waals surface area contributed by atoms with Crippen LogP contribution in [0.4, 0.5) is 0 Å². The third-order valence-electron chi connectivity index (χ3n) is 4.91. The van der Waals surface area contributed by atoms with Crippen LogP contribution in [0, 0.1) is 0 Å². The molecule has 0 radical (unpaired) electrons. The first-order chi connectivity index (χ1) is 13.3. The first-order valence-corrected chi connectivity index (χ1v) is 9.29. The second-order valence-electron chi connectivity index (χ2n) is 6.76. The second kappa shape index (κ2) is 8.00. The first-order valence-electron chi connectivity index (χ1n) is 9.29. The molecule has 1 aromatic carbocycles. The molecule has 0 fully saturated rings. The van der Waals surface area contributed by atoms with Crippen LogP contribution in [0.5, 0.6) is 0 Å². The SMILES string of the molecule is O=C1CCCNCCOCc2cc(-c3c[nH]c4nc(CO)ccc34)ccc21. The van der Waals surface area contributed by atoms with Crippen LogP contribution in [-0.2, 0) is 18.0 Å². The van der Waals surface area contributed by atoms with Crippen LogP contribution in [0.15, 0.2) is 36.5 Å². The van der Waals surface area contributed by atoms with Crippen LogP contribution in [0.2, 0.25) is 0 Å². The lowest BCUT2D eigenvalue weighted by molar-refractivity contribution is 0.0973. The van der Waals surface area contributed by atoms with Gasteiger partial charge in [-0.15, -0.1) is 0 Å². The Labute approximate surface area is 157 Å². The standard InChI is InChI=1S/C21H23N3O3/c25-12-16-4-6-18-19(11-23-21(18)24-16)14-3-5-17-15(10-14)13-27-9-8-22-7-1-2-20(17)26/h3-6,10-11,22,25H,1-2,7-9,12-13H2,(H,23,24). The van der Waals surface area contributed by atoms with E-state index >= 15 is 0 Å². The predicted molar refractivity (Wildman–Crippen MR) is 104 cm³/mol. The highest BCUT2D eigenvalue weighted by Crippen LogP contribution is 2.30. The van der Waals surface area contributed by atoms with Gasteiger partial charge in [-0.2, -0.15) is 0 Å². The molecule has 4 rings (SSSR count). The van der Waals surface area contributed by atoms with Gasteiger partial charge in [-0.25, -0.2) is 4.98 Å². The smallest absolute Gasteiger partial charge is 0.163 e. The number of aromatic amines is 1. The van der Waals surface area contributed by atoms with Crippen molar-refractivity contribution in [1.29, 1.82) is 0 Å². The molecule has 27 heavy (non-hydrogen) atoms. The highest BCUT2D eigenvalue weighted by atomic mass is 16.5. The van der Waals surface area contributed by atoms with E-state index in [0.717, 1.165) is 52.8 Å². The molecule has 0 amide bonds. The van der Waals surface area contributed by atoms with E-state index in [2.05, 4.69) is 15.3 Å². The Kier molecular flexibility index (Phi) is 5.29. The summed E-state index contributed by atoms with van der Waals surface area (Å²) in [5.41, 5.74) is 5.09. The van der Waals surface area contributed by atoms with Gasteiger partial charge in [-0.3, -0.25) is 4.79 Å². The van der Waals surface area contributed by atoms with Gasteiger partial charge in [0.1, 0.15) is 5.65 Å². The highest BCUT2D eigenvalue weighted by molar-refractivity contribution is 5.99. The van der Waals surface area contributed by atoms with Crippen molar-refractivity contribution in [3.63, 3.8) is 0 Å². The Morgan fingerprint density at radius 3 is 2.96 bits per heavy atom. The van der Waals surface area contributed by atoms with Crippen molar-refractivity contribution in [1.82, 2.24) is 15.3 Å². The van der Waals surface area contributed by atoms with Crippen LogP contribution in [0.1, 0.15) is 34.5 Å². The number of hydrogen-bond acceptors (Lipinski definition) is 5. The Morgan fingerprint density at radius 2 is 2.07 bits per heavy atom. The molecule has 0 saturated carbocycles. The summed E-state index contributed by atoms with van der Waals surface area (Å²) in [7, 11) is 0. The van der Waals surface area contributed by atoms with Crippen LogP contribution >= 0.6 is 0 Å². The average molecular weight is 365 g/mol. The molecule has 6 nitrogen and oxygen atoms in total. The monoisotopic (exact) mass is 365 g/mol. The van der Waals surface area contributed by atoms with E-state index in [9.17, 15) is 9.90 Å². The molecule has 0 aliphatic carbocycles. The van der Waals surface area contributed by atoms with E-state index in [4.69, 9.17) is 4.74 Å². The number of carbonyl (C=O) groups excluding carboxylic acids is 1. The van der Waals surface area contributed by atoms with E-state index in [-0.39, 0.29) is 12.4 Å². The number of nitrogens with zero attached hydrogens (tertiary/aromatic N) is 1. The summed E-state index contributed by atoms with van der Waals surface area (Å²) >= 11 is 0. The molecule has 1 aliphatic rings. The van der Waals surface area contributed by atoms with Gasteiger partial charge in [0.2, 0.25) is 0 Å². The third kappa shape index (κ3) is 3.78. The van der Waals surface area contributed by atoms with Crippen molar-refractivity contribution >= 4 is 16.8 Å². The van der Waals surface area contributed by atoms with Crippen molar-refractivity contribution in [3.05, 3.63) is 53.3 Å². The summed E-state index contributed by atoms with van der Waals surface area (Å²) in [5.74, 6) is 0.164. The number of aliphatic hydroxyl groups is 1. The van der Waals surface area contributed by atoms with E-state index in [1.807, 2.05) is 36.5 Å². The Bertz CT molecular complexity index is 964. The van der Waals surface area contributed by atoms with E-state index < -0.39 is 0 Å². The summed E-state index contributed by atoms with van der Waals surface area (Å²) in [4.78, 5) is 20.2. The molecule has 140 valence electrons. The molecule has 0 spiro atoms. The van der Waals surface area contributed by atoms with Crippen LogP contribution < -0.4 is 5.32 Å². The quantitative estimate of drug-likeness (QED) is 0.650. The molecule has 0 bridgehead atoms. The fourth-order valence-corrected chi connectivity index (χ4v) is 3.48. The number of carbonyl (C=O) groups is 1. The fourth-order valence-electron chi connectivity index (χ4n) is 3.48. The predicted octanol–water partition coefficient (Wildman–Crippen LogP) is 2.80. The van der Waals surface area contributed by atoms with Gasteiger partial charge in [0.05, 0.1) is 25.5 Å². The average Bonchev–Trinajstić information content (AvgIpc) is 3.10. The minimum absolute atomic E-state index is 0.0859. The van der Waals surface area contributed by atoms with Crippen LogP contribution in [0.3, 0.4) is 0 Å². The molecule has 2 aromatic heterocycles. The van der Waals surface area contributed by atoms with E-state index in [0.29, 0.717) is 25.3 Å². The number of fused-ring (bicyclic) bond motifs is 2. The summed E-state index contributed by atoms with van der Waals surface area (Å²) in [5, 5.41) is 13.5. The molecule has 0 atom stereocenters. The third-order valence-corrected chi connectivity index (χ3v) is 4.91. The minimum Gasteiger partial charge on any atom is -0.390 e. The first kappa shape index (κ1) is 17.9. The van der Waals surface area contributed by atoms with Crippen molar-refractivity contribution in [2.45, 2.75) is 26.1 Å². The molecule has 3 aromatic rings. The number of H-pyrrole nitrogens is 1. The van der Waals surface area contributed by atoms with E-state index in [1.165, 1.54) is 0 Å². The summed E-state index contributed by atoms with van der Waals surface area (Å²) in [6, 6.07) is 9.72. The topological polar surface area (TPSA) is 87.2 Å². The lowest BCUT2D eigenvalue weighted by atomic mass is 9.95. The second-order valence-corrected chi connectivity index (χ2v) is 6.76. The number of ketones is 1. The number of aromatic nitrogens is 2. The van der Waals surface area contributed by atoms with Crippen molar-refractivity contribution in [2.75, 3.05) is 19.7 Å². The number of nitrogens with one attached hydrogen (secondary N) is 2. The molecule has 0 saturated heterocycles. The number of Topliss-reactive ketones (excluding diaryl/α,β-unsaturated/α-hetero) is 1. The Morgan fingerprint density at radius 1 is 1.15 bits per heavy atom. The van der Waals surface area contributed by atoms with E-state index in [1.54, 1.807) is 0 Å². The largest absolute Gasteiger partial charge is 0.390 e. The van der Waals surface area contributed by atoms with Gasteiger partial charge in [0.15, 0.2) is 5.78 Å². The molecule has 0 unspecified atom stereocenters. The fraction of sp³-hybridized carbons (Fsp3) is 0.333. The van der Waals surface area contributed by atoms with Crippen molar-refractivity contribution < 1.29 is 14.6 Å². The number of ether oxygens (including phenoxy) is 1. The molecular formula is C21H23N3O3. The van der Waals surface area contributed by atoms with Crippen LogP contribution in [0.25, 0.3) is 22.2 Å². The Balaban J connectivity index is 1.72. The number of aliphatic hydroxyl groups excluding tert-OH is 1. The number of pyridine rings is 1. The maximum absolute atomic E-state index is 12.6. The van der Waals surface area contributed by atoms with Gasteiger partial charge in [0, 0.05) is 35.7 Å². The molecule has 6 heteroatoms.